The molecule has 0 fully saturated rings. The monoisotopic (exact) mass is 243 g/mol. The lowest BCUT2D eigenvalue weighted by atomic mass is 10.1. The number of aryl methyl sites for hydroxylation is 2. The molecule has 0 saturated carbocycles. The second-order valence-electron chi connectivity index (χ2n) is 4.69. The Balaban J connectivity index is 2.14. The van der Waals surface area contributed by atoms with Crippen LogP contribution in [0.1, 0.15) is 30.2 Å². The molecule has 1 aromatic heterocycles. The Morgan fingerprint density at radius 1 is 1.22 bits per heavy atom. The Morgan fingerprint density at radius 2 is 2.06 bits per heavy atom. The van der Waals surface area contributed by atoms with E-state index < -0.39 is 0 Å². The third-order valence-corrected chi connectivity index (χ3v) is 3.06. The van der Waals surface area contributed by atoms with Gasteiger partial charge < -0.3 is 5.32 Å². The molecule has 1 N–H and O–H groups in total. The highest BCUT2D eigenvalue weighted by Gasteiger charge is 2.02. The van der Waals surface area contributed by atoms with Gasteiger partial charge in [-0.25, -0.2) is 4.68 Å². The molecule has 96 valence electrons. The van der Waals surface area contributed by atoms with Gasteiger partial charge in [0.1, 0.15) is 0 Å². The van der Waals surface area contributed by atoms with Gasteiger partial charge in [-0.15, -0.1) is 0 Å². The minimum Gasteiger partial charge on any atom is -0.313 e. The quantitative estimate of drug-likeness (QED) is 0.818. The predicted molar refractivity (Wildman–Crippen MR) is 75.0 cm³/mol. The molecule has 0 bridgehead atoms. The molecule has 0 amide bonds. The highest BCUT2D eigenvalue weighted by atomic mass is 15.3. The minimum absolute atomic E-state index is 0.943. The molecule has 1 heterocycles. The normalized spacial score (nSPS) is 10.8. The third-order valence-electron chi connectivity index (χ3n) is 3.06. The third kappa shape index (κ3) is 2.99. The van der Waals surface area contributed by atoms with E-state index in [1.165, 1.54) is 17.5 Å². The molecule has 0 unspecified atom stereocenters. The van der Waals surface area contributed by atoms with Gasteiger partial charge >= 0.3 is 0 Å². The molecule has 3 heteroatoms. The first-order valence-corrected chi connectivity index (χ1v) is 6.53. The molecule has 1 aromatic carbocycles. The summed E-state index contributed by atoms with van der Waals surface area (Å²) >= 11 is 0. The van der Waals surface area contributed by atoms with E-state index in [4.69, 9.17) is 0 Å². The van der Waals surface area contributed by atoms with Gasteiger partial charge in [-0.3, -0.25) is 0 Å². The zero-order valence-corrected chi connectivity index (χ0v) is 11.4. The van der Waals surface area contributed by atoms with Crippen molar-refractivity contribution in [2.45, 2.75) is 33.7 Å². The lowest BCUT2D eigenvalue weighted by Gasteiger charge is -2.09. The standard InChI is InChI=1S/C15H21N3/c1-4-8-16-11-14-5-6-15(10-12(14)2)18-9-7-13(3)17-18/h5-7,9-10,16H,4,8,11H2,1-3H3. The number of rotatable bonds is 5. The summed E-state index contributed by atoms with van der Waals surface area (Å²) in [6.45, 7) is 8.36. The molecule has 0 aliphatic rings. The fourth-order valence-corrected chi connectivity index (χ4v) is 1.98. The van der Waals surface area contributed by atoms with Gasteiger partial charge in [0.05, 0.1) is 11.4 Å². The highest BCUT2D eigenvalue weighted by molar-refractivity contribution is 5.39. The molecule has 0 aliphatic heterocycles. The average molecular weight is 243 g/mol. The summed E-state index contributed by atoms with van der Waals surface area (Å²) in [5.41, 5.74) is 4.83. The number of nitrogens with zero attached hydrogens (tertiary/aromatic N) is 2. The van der Waals surface area contributed by atoms with Crippen LogP contribution in [0.3, 0.4) is 0 Å². The van der Waals surface area contributed by atoms with Crippen LogP contribution in [0.5, 0.6) is 0 Å². The van der Waals surface area contributed by atoms with Crippen molar-refractivity contribution >= 4 is 0 Å². The van der Waals surface area contributed by atoms with Crippen molar-refractivity contribution in [3.05, 3.63) is 47.3 Å². The van der Waals surface area contributed by atoms with Crippen molar-refractivity contribution in [3.63, 3.8) is 0 Å². The van der Waals surface area contributed by atoms with Crippen molar-refractivity contribution in [2.75, 3.05) is 6.54 Å². The Hall–Kier alpha value is -1.61. The van der Waals surface area contributed by atoms with Crippen LogP contribution in [0.4, 0.5) is 0 Å². The lowest BCUT2D eigenvalue weighted by Crippen LogP contribution is -2.14. The van der Waals surface area contributed by atoms with Crippen LogP contribution >= 0.6 is 0 Å². The fraction of sp³-hybridized carbons (Fsp3) is 0.400. The van der Waals surface area contributed by atoms with Crippen molar-refractivity contribution < 1.29 is 0 Å². The maximum absolute atomic E-state index is 4.43. The molecular formula is C15H21N3. The van der Waals surface area contributed by atoms with Crippen LogP contribution in [0, 0.1) is 13.8 Å². The smallest absolute Gasteiger partial charge is 0.0648 e. The topological polar surface area (TPSA) is 29.9 Å². The minimum atomic E-state index is 0.943. The first kappa shape index (κ1) is 12.8. The van der Waals surface area contributed by atoms with Crippen LogP contribution in [-0.2, 0) is 6.54 Å². The van der Waals surface area contributed by atoms with E-state index in [1.54, 1.807) is 0 Å². The summed E-state index contributed by atoms with van der Waals surface area (Å²) in [6, 6.07) is 8.52. The van der Waals surface area contributed by atoms with E-state index in [0.717, 1.165) is 24.5 Å². The Labute approximate surface area is 109 Å². The summed E-state index contributed by atoms with van der Waals surface area (Å²) in [4.78, 5) is 0. The van der Waals surface area contributed by atoms with Crippen LogP contribution in [0.2, 0.25) is 0 Å². The number of hydrogen-bond acceptors (Lipinski definition) is 2. The fourth-order valence-electron chi connectivity index (χ4n) is 1.98. The summed E-state index contributed by atoms with van der Waals surface area (Å²) < 4.78 is 1.92. The van der Waals surface area contributed by atoms with Crippen LogP contribution < -0.4 is 5.32 Å². The molecule has 2 aromatic rings. The van der Waals surface area contributed by atoms with Gasteiger partial charge in [0.25, 0.3) is 0 Å². The number of benzene rings is 1. The Morgan fingerprint density at radius 3 is 2.67 bits per heavy atom. The predicted octanol–water partition coefficient (Wildman–Crippen LogP) is 2.99. The largest absolute Gasteiger partial charge is 0.313 e. The van der Waals surface area contributed by atoms with E-state index >= 15 is 0 Å². The van der Waals surface area contributed by atoms with E-state index in [-0.39, 0.29) is 0 Å². The summed E-state index contributed by atoms with van der Waals surface area (Å²) in [5.74, 6) is 0. The summed E-state index contributed by atoms with van der Waals surface area (Å²) in [6.07, 6.45) is 3.17. The van der Waals surface area contributed by atoms with E-state index in [2.05, 4.69) is 42.5 Å². The zero-order chi connectivity index (χ0) is 13.0. The molecule has 2 rings (SSSR count). The first-order valence-electron chi connectivity index (χ1n) is 6.53. The van der Waals surface area contributed by atoms with E-state index in [1.807, 2.05) is 23.9 Å². The highest BCUT2D eigenvalue weighted by Crippen LogP contribution is 2.14. The molecular weight excluding hydrogens is 222 g/mol. The Kier molecular flexibility index (Phi) is 4.15. The van der Waals surface area contributed by atoms with Crippen molar-refractivity contribution in [1.82, 2.24) is 15.1 Å². The van der Waals surface area contributed by atoms with Crippen LogP contribution in [0.25, 0.3) is 5.69 Å². The van der Waals surface area contributed by atoms with Crippen molar-refractivity contribution in [3.8, 4) is 5.69 Å². The molecule has 0 spiro atoms. The molecule has 0 aliphatic carbocycles. The summed E-state index contributed by atoms with van der Waals surface area (Å²) in [7, 11) is 0. The zero-order valence-electron chi connectivity index (χ0n) is 11.4. The SMILES string of the molecule is CCCNCc1ccc(-n2ccc(C)n2)cc1C. The van der Waals surface area contributed by atoms with Crippen LogP contribution in [0.15, 0.2) is 30.5 Å². The van der Waals surface area contributed by atoms with Gasteiger partial charge in [-0.1, -0.05) is 13.0 Å². The average Bonchev–Trinajstić information content (AvgIpc) is 2.78. The molecule has 0 radical (unpaired) electrons. The number of aromatic nitrogens is 2. The molecule has 3 nitrogen and oxygen atoms in total. The van der Waals surface area contributed by atoms with Gasteiger partial charge in [0.2, 0.25) is 0 Å². The first-order chi connectivity index (χ1) is 8.70. The van der Waals surface area contributed by atoms with Gasteiger partial charge in [-0.2, -0.15) is 5.10 Å². The van der Waals surface area contributed by atoms with Crippen molar-refractivity contribution in [1.29, 1.82) is 0 Å². The Bertz CT molecular complexity index is 514. The van der Waals surface area contributed by atoms with Crippen molar-refractivity contribution in [2.24, 2.45) is 0 Å². The van der Waals surface area contributed by atoms with Gasteiger partial charge in [0.15, 0.2) is 0 Å². The second-order valence-corrected chi connectivity index (χ2v) is 4.69. The van der Waals surface area contributed by atoms with E-state index in [0.29, 0.717) is 0 Å². The molecule has 0 saturated heterocycles. The number of hydrogen-bond donors (Lipinski definition) is 1. The maximum atomic E-state index is 4.43. The lowest BCUT2D eigenvalue weighted by molar-refractivity contribution is 0.673. The van der Waals surface area contributed by atoms with Gasteiger partial charge in [-0.05, 0) is 56.1 Å². The summed E-state index contributed by atoms with van der Waals surface area (Å²) in [5, 5.41) is 7.86. The molecule has 18 heavy (non-hydrogen) atoms. The second kappa shape index (κ2) is 5.83. The number of nitrogens with one attached hydrogen (secondary N) is 1. The van der Waals surface area contributed by atoms with E-state index in [9.17, 15) is 0 Å². The van der Waals surface area contributed by atoms with Gasteiger partial charge in [0, 0.05) is 12.7 Å². The maximum Gasteiger partial charge on any atom is 0.0648 e. The molecule has 0 atom stereocenters. The van der Waals surface area contributed by atoms with Crippen LogP contribution in [-0.4, -0.2) is 16.3 Å².